The lowest BCUT2D eigenvalue weighted by Crippen LogP contribution is -2.53. The standard InChI is InChI=1S/C26H30Cl3N3O.3ClH/c1-30-8-10-31(11-9-30)15-25-22-12-17-2-4-19(27)14-21(17)20(22)6-7-32(25)16-26(33)18-3-5-23(28)24(29)13-18;;;/h2-5,13-14,25-26,33H,6-12,15-16H2,1H3;3*1H. The molecule has 0 saturated carbocycles. The number of halogens is 6. The van der Waals surface area contributed by atoms with E-state index in [9.17, 15) is 5.11 Å². The SMILES string of the molecule is CN1CCN(CC2C3=C(CCN2CC(O)c2ccc(Cl)c(Cl)c2)c2cc(Cl)ccc2C3)CC1.Cl.Cl.Cl. The van der Waals surface area contributed by atoms with Crippen LogP contribution in [0.5, 0.6) is 0 Å². The molecular weight excluding hydrogens is 583 g/mol. The summed E-state index contributed by atoms with van der Waals surface area (Å²) in [4.78, 5) is 7.44. The highest BCUT2D eigenvalue weighted by Gasteiger charge is 2.36. The summed E-state index contributed by atoms with van der Waals surface area (Å²) in [6.07, 6.45) is 1.34. The van der Waals surface area contributed by atoms with Gasteiger partial charge in [0, 0.05) is 56.9 Å². The van der Waals surface area contributed by atoms with Crippen LogP contribution in [0.4, 0.5) is 0 Å². The Balaban J connectivity index is 0.00000152. The van der Waals surface area contributed by atoms with Gasteiger partial charge < -0.3 is 10.0 Å². The van der Waals surface area contributed by atoms with Gasteiger partial charge in [0.1, 0.15) is 0 Å². The third kappa shape index (κ3) is 6.84. The maximum absolute atomic E-state index is 11.1. The van der Waals surface area contributed by atoms with Gasteiger partial charge in [-0.3, -0.25) is 9.80 Å². The lowest BCUT2D eigenvalue weighted by Gasteiger charge is -2.42. The van der Waals surface area contributed by atoms with Crippen LogP contribution in [0.15, 0.2) is 42.0 Å². The molecule has 3 aliphatic rings. The van der Waals surface area contributed by atoms with Crippen molar-refractivity contribution in [1.82, 2.24) is 14.7 Å². The monoisotopic (exact) mass is 613 g/mol. The van der Waals surface area contributed by atoms with E-state index in [0.29, 0.717) is 16.6 Å². The van der Waals surface area contributed by atoms with Gasteiger partial charge >= 0.3 is 0 Å². The van der Waals surface area contributed by atoms with Crippen molar-refractivity contribution in [2.24, 2.45) is 0 Å². The zero-order valence-corrected chi connectivity index (χ0v) is 24.8. The Morgan fingerprint density at radius 3 is 2.33 bits per heavy atom. The first kappa shape index (κ1) is 32.0. The Kier molecular flexibility index (Phi) is 12.2. The average Bonchev–Trinajstić information content (AvgIpc) is 3.16. The van der Waals surface area contributed by atoms with Crippen molar-refractivity contribution in [3.05, 3.63) is 73.7 Å². The van der Waals surface area contributed by atoms with E-state index in [4.69, 9.17) is 34.8 Å². The largest absolute Gasteiger partial charge is 0.387 e. The summed E-state index contributed by atoms with van der Waals surface area (Å²) in [5.74, 6) is 0. The van der Waals surface area contributed by atoms with Crippen LogP contribution in [0.25, 0.3) is 5.57 Å². The molecule has 0 spiro atoms. The number of piperazine rings is 1. The number of aliphatic hydroxyl groups excluding tert-OH is 1. The predicted molar refractivity (Wildman–Crippen MR) is 159 cm³/mol. The Labute approximate surface area is 247 Å². The molecule has 2 aliphatic heterocycles. The van der Waals surface area contributed by atoms with Crippen LogP contribution in [-0.4, -0.2) is 78.7 Å². The number of hydrogen-bond donors (Lipinski definition) is 1. The number of likely N-dealkylation sites (N-methyl/N-ethyl adjacent to an activating group) is 1. The summed E-state index contributed by atoms with van der Waals surface area (Å²) in [7, 11) is 2.19. The first-order valence-corrected chi connectivity index (χ1v) is 12.8. The van der Waals surface area contributed by atoms with Gasteiger partial charge in [-0.05, 0) is 72.0 Å². The van der Waals surface area contributed by atoms with E-state index in [0.717, 1.165) is 62.7 Å². The molecule has 0 aromatic heterocycles. The van der Waals surface area contributed by atoms with E-state index in [1.165, 1.54) is 22.3 Å². The second kappa shape index (κ2) is 13.7. The fourth-order valence-electron chi connectivity index (χ4n) is 5.48. The number of hydrogen-bond acceptors (Lipinski definition) is 4. The number of nitrogens with zero attached hydrogens (tertiary/aromatic N) is 3. The van der Waals surface area contributed by atoms with Crippen molar-refractivity contribution < 1.29 is 5.11 Å². The van der Waals surface area contributed by atoms with E-state index >= 15 is 0 Å². The van der Waals surface area contributed by atoms with Gasteiger partial charge in [-0.2, -0.15) is 0 Å². The third-order valence-corrected chi connectivity index (χ3v) is 8.39. The highest BCUT2D eigenvalue weighted by Crippen LogP contribution is 2.42. The number of β-amino-alcohol motifs (C(OH)–C–C–N with tert-alkyl or cyclic N) is 1. The minimum absolute atomic E-state index is 0. The summed E-state index contributed by atoms with van der Waals surface area (Å²) >= 11 is 18.7. The lowest BCUT2D eigenvalue weighted by molar-refractivity contribution is 0.0678. The minimum Gasteiger partial charge on any atom is -0.387 e. The summed E-state index contributed by atoms with van der Waals surface area (Å²) < 4.78 is 0. The van der Waals surface area contributed by atoms with Crippen LogP contribution in [0.1, 0.15) is 29.2 Å². The molecule has 2 heterocycles. The molecule has 2 unspecified atom stereocenters. The van der Waals surface area contributed by atoms with Crippen molar-refractivity contribution in [1.29, 1.82) is 0 Å². The smallest absolute Gasteiger partial charge is 0.0917 e. The van der Waals surface area contributed by atoms with E-state index < -0.39 is 6.10 Å². The van der Waals surface area contributed by atoms with Crippen LogP contribution in [0.2, 0.25) is 15.1 Å². The molecule has 0 amide bonds. The molecule has 1 aliphatic carbocycles. The fraction of sp³-hybridized carbons (Fsp3) is 0.462. The van der Waals surface area contributed by atoms with E-state index in [-0.39, 0.29) is 43.3 Å². The maximum Gasteiger partial charge on any atom is 0.0917 e. The molecule has 36 heavy (non-hydrogen) atoms. The number of fused-ring (bicyclic) bond motifs is 2. The van der Waals surface area contributed by atoms with Gasteiger partial charge in [-0.15, -0.1) is 37.2 Å². The molecule has 2 atom stereocenters. The van der Waals surface area contributed by atoms with Gasteiger partial charge in [-0.25, -0.2) is 0 Å². The highest BCUT2D eigenvalue weighted by atomic mass is 35.5. The van der Waals surface area contributed by atoms with Crippen molar-refractivity contribution >= 4 is 77.6 Å². The lowest BCUT2D eigenvalue weighted by atomic mass is 9.91. The van der Waals surface area contributed by atoms with Gasteiger partial charge in [0.05, 0.1) is 16.1 Å². The summed E-state index contributed by atoms with van der Waals surface area (Å²) in [6.45, 7) is 6.84. The Morgan fingerprint density at radius 1 is 0.917 bits per heavy atom. The Bertz CT molecular complexity index is 1070. The van der Waals surface area contributed by atoms with Crippen LogP contribution in [-0.2, 0) is 6.42 Å². The maximum atomic E-state index is 11.1. The van der Waals surface area contributed by atoms with Crippen molar-refractivity contribution in [3.8, 4) is 0 Å². The second-order valence-corrected chi connectivity index (χ2v) is 10.8. The van der Waals surface area contributed by atoms with Crippen molar-refractivity contribution in [2.45, 2.75) is 25.0 Å². The zero-order valence-electron chi connectivity index (χ0n) is 20.1. The van der Waals surface area contributed by atoms with Crippen LogP contribution in [0, 0.1) is 0 Å². The van der Waals surface area contributed by atoms with E-state index in [1.807, 2.05) is 12.1 Å². The number of aliphatic hydroxyl groups is 1. The number of rotatable bonds is 5. The predicted octanol–water partition coefficient (Wildman–Crippen LogP) is 6.28. The fourth-order valence-corrected chi connectivity index (χ4v) is 5.96. The molecule has 1 saturated heterocycles. The van der Waals surface area contributed by atoms with Crippen LogP contribution < -0.4 is 0 Å². The van der Waals surface area contributed by atoms with Crippen LogP contribution in [0.3, 0.4) is 0 Å². The first-order valence-electron chi connectivity index (χ1n) is 11.7. The summed E-state index contributed by atoms with van der Waals surface area (Å²) in [5.41, 5.74) is 6.47. The zero-order chi connectivity index (χ0) is 23.1. The second-order valence-electron chi connectivity index (χ2n) is 9.54. The van der Waals surface area contributed by atoms with Crippen LogP contribution >= 0.6 is 72.0 Å². The van der Waals surface area contributed by atoms with Gasteiger partial charge in [0.25, 0.3) is 0 Å². The number of benzene rings is 2. The molecule has 10 heteroatoms. The Hall–Kier alpha value is -0.240. The molecule has 1 fully saturated rings. The Morgan fingerprint density at radius 2 is 1.64 bits per heavy atom. The first-order chi connectivity index (χ1) is 15.9. The molecule has 2 aromatic rings. The van der Waals surface area contributed by atoms with E-state index in [1.54, 1.807) is 12.1 Å². The van der Waals surface area contributed by atoms with Crippen molar-refractivity contribution in [2.75, 3.05) is 52.9 Å². The van der Waals surface area contributed by atoms with Gasteiger partial charge in [0.15, 0.2) is 0 Å². The quantitative estimate of drug-likeness (QED) is 0.429. The highest BCUT2D eigenvalue weighted by molar-refractivity contribution is 6.42. The summed E-state index contributed by atoms with van der Waals surface area (Å²) in [5, 5.41) is 12.9. The van der Waals surface area contributed by atoms with E-state index in [2.05, 4.69) is 33.9 Å². The third-order valence-electron chi connectivity index (χ3n) is 7.42. The summed E-state index contributed by atoms with van der Waals surface area (Å²) in [6, 6.07) is 12.0. The molecular formula is C26H33Cl6N3O. The molecule has 0 radical (unpaired) electrons. The molecule has 2 aromatic carbocycles. The molecule has 1 N–H and O–H groups in total. The van der Waals surface area contributed by atoms with Gasteiger partial charge in [-0.1, -0.05) is 46.9 Å². The normalized spacial score (nSPS) is 21.1. The minimum atomic E-state index is -0.616. The average molecular weight is 616 g/mol. The topological polar surface area (TPSA) is 30.0 Å². The molecule has 0 bridgehead atoms. The molecule has 5 rings (SSSR count). The molecule has 200 valence electrons. The van der Waals surface area contributed by atoms with Crippen molar-refractivity contribution in [3.63, 3.8) is 0 Å². The molecule has 4 nitrogen and oxygen atoms in total. The van der Waals surface area contributed by atoms with Gasteiger partial charge in [0.2, 0.25) is 0 Å².